The Bertz CT molecular complexity index is 985. The summed E-state index contributed by atoms with van der Waals surface area (Å²) in [6.07, 6.45) is 6.82. The largest absolute Gasteiger partial charge is 0.460 e. The number of unbranched alkanes of at least 4 members (excludes halogenated alkanes) is 2. The average Bonchev–Trinajstić information content (AvgIpc) is 3.58. The van der Waals surface area contributed by atoms with Gasteiger partial charge in [-0.1, -0.05) is 45.8 Å². The minimum Gasteiger partial charge on any atom is -0.460 e. The van der Waals surface area contributed by atoms with E-state index in [1.165, 1.54) is 4.90 Å². The molecule has 0 aromatic rings. The molecular weight excluding hydrogens is 526 g/mol. The van der Waals surface area contributed by atoms with E-state index in [1.807, 2.05) is 13.8 Å². The molecule has 0 aliphatic carbocycles. The molecule has 0 aromatic carbocycles. The maximum absolute atomic E-state index is 14.3. The first-order valence-electron chi connectivity index (χ1n) is 15.2. The summed E-state index contributed by atoms with van der Waals surface area (Å²) in [5.74, 6) is -3.19. The Morgan fingerprint density at radius 1 is 1.24 bits per heavy atom. The molecule has 2 bridgehead atoms. The molecule has 1 spiro atoms. The zero-order valence-electron chi connectivity index (χ0n) is 25.2. The van der Waals surface area contributed by atoms with Gasteiger partial charge in [-0.3, -0.25) is 19.2 Å². The molecule has 3 aliphatic rings. The number of aliphatic hydroxyl groups excluding tert-OH is 1. The third-order valence-electron chi connectivity index (χ3n) is 8.73. The first kappa shape index (κ1) is 32.8. The van der Waals surface area contributed by atoms with Crippen molar-refractivity contribution in [1.29, 1.82) is 0 Å². The van der Waals surface area contributed by atoms with Gasteiger partial charge in [0.15, 0.2) is 0 Å². The summed E-state index contributed by atoms with van der Waals surface area (Å²) in [5.41, 5.74) is -1.17. The van der Waals surface area contributed by atoms with E-state index in [4.69, 9.17) is 9.47 Å². The maximum atomic E-state index is 14.3. The molecule has 0 saturated carbocycles. The van der Waals surface area contributed by atoms with Crippen molar-refractivity contribution in [1.82, 2.24) is 15.1 Å². The van der Waals surface area contributed by atoms with Crippen LogP contribution in [0.1, 0.15) is 72.6 Å². The summed E-state index contributed by atoms with van der Waals surface area (Å²) in [6, 6.07) is -1.56. The van der Waals surface area contributed by atoms with E-state index in [-0.39, 0.29) is 36.8 Å². The number of carbonyl (C=O) groups excluding carboxylic acids is 4. The number of hydrogen-bond acceptors (Lipinski definition) is 7. The number of nitrogens with one attached hydrogen (secondary N) is 1. The lowest BCUT2D eigenvalue weighted by Gasteiger charge is -2.40. The summed E-state index contributed by atoms with van der Waals surface area (Å²) in [7, 11) is 0. The Kier molecular flexibility index (Phi) is 11.6. The van der Waals surface area contributed by atoms with Crippen molar-refractivity contribution in [2.45, 2.75) is 103 Å². The van der Waals surface area contributed by atoms with Gasteiger partial charge in [0.2, 0.25) is 17.7 Å². The summed E-state index contributed by atoms with van der Waals surface area (Å²) in [4.78, 5) is 57.3. The number of allylic oxidation sites excluding steroid dienone is 1. The van der Waals surface area contributed by atoms with E-state index in [2.05, 4.69) is 25.4 Å². The fraction of sp³-hybridized carbons (Fsp3) is 0.742. The molecule has 2 N–H and O–H groups in total. The second-order valence-corrected chi connectivity index (χ2v) is 12.0. The number of nitrogens with zero attached hydrogens (tertiary/aromatic N) is 2. The van der Waals surface area contributed by atoms with Crippen LogP contribution in [0.2, 0.25) is 0 Å². The Balaban J connectivity index is 1.89. The van der Waals surface area contributed by atoms with Gasteiger partial charge in [-0.15, -0.1) is 13.2 Å². The number of fused-ring (bicyclic) bond motifs is 1. The third kappa shape index (κ3) is 6.69. The smallest absolute Gasteiger partial charge is 0.312 e. The van der Waals surface area contributed by atoms with E-state index < -0.39 is 47.7 Å². The monoisotopic (exact) mass is 575 g/mol. The van der Waals surface area contributed by atoms with E-state index in [9.17, 15) is 24.3 Å². The Morgan fingerprint density at radius 3 is 2.59 bits per heavy atom. The van der Waals surface area contributed by atoms with Crippen LogP contribution in [-0.2, 0) is 28.7 Å². The van der Waals surface area contributed by atoms with E-state index >= 15 is 0 Å². The Hall–Kier alpha value is -2.72. The highest BCUT2D eigenvalue weighted by Gasteiger charge is 2.75. The van der Waals surface area contributed by atoms with Crippen LogP contribution >= 0.6 is 0 Å². The lowest BCUT2D eigenvalue weighted by molar-refractivity contribution is -0.160. The number of rotatable bonds is 17. The predicted octanol–water partition coefficient (Wildman–Crippen LogP) is 2.60. The summed E-state index contributed by atoms with van der Waals surface area (Å²) >= 11 is 0. The highest BCUT2D eigenvalue weighted by molar-refractivity contribution is 5.98. The first-order chi connectivity index (χ1) is 19.6. The lowest BCUT2D eigenvalue weighted by atomic mass is 9.70. The van der Waals surface area contributed by atoms with Crippen LogP contribution < -0.4 is 5.32 Å². The quantitative estimate of drug-likeness (QED) is 0.155. The molecule has 7 atom stereocenters. The van der Waals surface area contributed by atoms with Crippen molar-refractivity contribution in [2.75, 3.05) is 26.2 Å². The average molecular weight is 576 g/mol. The molecule has 41 heavy (non-hydrogen) atoms. The summed E-state index contributed by atoms with van der Waals surface area (Å²) in [5, 5.41) is 13.1. The highest BCUT2D eigenvalue weighted by Crippen LogP contribution is 2.59. The van der Waals surface area contributed by atoms with Crippen LogP contribution in [0.3, 0.4) is 0 Å². The highest BCUT2D eigenvalue weighted by atomic mass is 16.6. The van der Waals surface area contributed by atoms with Crippen LogP contribution in [0, 0.1) is 17.8 Å². The minimum absolute atomic E-state index is 0.130. The fourth-order valence-corrected chi connectivity index (χ4v) is 6.69. The second-order valence-electron chi connectivity index (χ2n) is 12.0. The van der Waals surface area contributed by atoms with Crippen molar-refractivity contribution in [3.05, 3.63) is 25.3 Å². The Labute approximate surface area is 244 Å². The second kappa shape index (κ2) is 14.4. The molecule has 3 saturated heterocycles. The zero-order valence-corrected chi connectivity index (χ0v) is 25.2. The summed E-state index contributed by atoms with van der Waals surface area (Å²) < 4.78 is 12.2. The molecular formula is C31H49N3O7. The molecule has 0 radical (unpaired) electrons. The van der Waals surface area contributed by atoms with Crippen LogP contribution in [0.4, 0.5) is 0 Å². The molecule has 230 valence electrons. The third-order valence-corrected chi connectivity index (χ3v) is 8.73. The van der Waals surface area contributed by atoms with E-state index in [1.54, 1.807) is 24.0 Å². The van der Waals surface area contributed by atoms with Gasteiger partial charge in [-0.25, -0.2) is 0 Å². The standard InChI is InChI=1S/C31H49N3O7/c1-7-10-12-17-33(16-9-3)29(38)27-31-15-14-23(41-31)25(26(31)28(37)34(27)22(19-35)20(4)5)30(39)40-21(6)18-32-24(36)13-11-8-2/h8-9,20-23,25-27,35H,2-3,7,10-19H2,1,4-6H3,(H,32,36)/t21-,22+,23-,25+,26+,27-,31+/m1/s1. The van der Waals surface area contributed by atoms with Crippen molar-refractivity contribution >= 4 is 23.7 Å². The number of ether oxygens (including phenoxy) is 2. The lowest BCUT2D eigenvalue weighted by Crippen LogP contribution is -2.59. The van der Waals surface area contributed by atoms with Gasteiger partial charge in [-0.2, -0.15) is 0 Å². The normalized spacial score (nSPS) is 27.9. The van der Waals surface area contributed by atoms with Crippen LogP contribution in [0.5, 0.6) is 0 Å². The van der Waals surface area contributed by atoms with Gasteiger partial charge >= 0.3 is 5.97 Å². The molecule has 3 fully saturated rings. The molecule has 10 nitrogen and oxygen atoms in total. The molecule has 3 heterocycles. The number of aliphatic hydroxyl groups is 1. The molecule has 3 rings (SSSR count). The predicted molar refractivity (Wildman–Crippen MR) is 154 cm³/mol. The number of esters is 1. The molecule has 10 heteroatoms. The van der Waals surface area contributed by atoms with Crippen molar-refractivity contribution in [2.24, 2.45) is 17.8 Å². The van der Waals surface area contributed by atoms with Crippen LogP contribution in [-0.4, -0.2) is 94.7 Å². The van der Waals surface area contributed by atoms with Crippen molar-refractivity contribution in [3.63, 3.8) is 0 Å². The van der Waals surface area contributed by atoms with Gasteiger partial charge in [-0.05, 0) is 38.5 Å². The number of carbonyl (C=O) groups is 4. The number of amides is 3. The van der Waals surface area contributed by atoms with Gasteiger partial charge in [0.1, 0.15) is 17.7 Å². The maximum Gasteiger partial charge on any atom is 0.312 e. The van der Waals surface area contributed by atoms with Crippen LogP contribution in [0.15, 0.2) is 25.3 Å². The van der Waals surface area contributed by atoms with Gasteiger partial charge in [0, 0.05) is 19.5 Å². The molecule has 3 amide bonds. The van der Waals surface area contributed by atoms with Gasteiger partial charge < -0.3 is 29.7 Å². The SMILES string of the molecule is C=CCCC(=O)NC[C@@H](C)OC(=O)[C@@H]1[C@H]2C(=O)N([C@@H](CO)C(C)C)[C@H](C(=O)N(CC=C)CCCCC)[C@]23CC[C@H]1O3. The van der Waals surface area contributed by atoms with Gasteiger partial charge in [0.25, 0.3) is 0 Å². The molecule has 0 aromatic heterocycles. The number of likely N-dealkylation sites (tertiary alicyclic amines) is 1. The Morgan fingerprint density at radius 2 is 1.98 bits per heavy atom. The molecule has 3 aliphatic heterocycles. The van der Waals surface area contributed by atoms with Crippen molar-refractivity contribution in [3.8, 4) is 0 Å². The fourth-order valence-electron chi connectivity index (χ4n) is 6.69. The minimum atomic E-state index is -1.17. The summed E-state index contributed by atoms with van der Waals surface area (Å²) in [6.45, 7) is 15.7. The van der Waals surface area contributed by atoms with E-state index in [0.29, 0.717) is 38.8 Å². The van der Waals surface area contributed by atoms with Crippen molar-refractivity contribution < 1.29 is 33.8 Å². The molecule has 0 unspecified atom stereocenters. The van der Waals surface area contributed by atoms with Gasteiger partial charge in [0.05, 0.1) is 37.1 Å². The van der Waals surface area contributed by atoms with E-state index in [0.717, 1.165) is 19.3 Å². The topological polar surface area (TPSA) is 125 Å². The number of hydrogen-bond donors (Lipinski definition) is 2. The van der Waals surface area contributed by atoms with Crippen LogP contribution in [0.25, 0.3) is 0 Å². The first-order valence-corrected chi connectivity index (χ1v) is 15.2. The zero-order chi connectivity index (χ0) is 30.3.